The van der Waals surface area contributed by atoms with Crippen molar-refractivity contribution in [3.8, 4) is 0 Å². The van der Waals surface area contributed by atoms with Gasteiger partial charge in [0.1, 0.15) is 16.4 Å². The summed E-state index contributed by atoms with van der Waals surface area (Å²) < 4.78 is 10.7. The highest BCUT2D eigenvalue weighted by atomic mass is 32.1. The normalized spacial score (nSPS) is 18.4. The Labute approximate surface area is 148 Å². The van der Waals surface area contributed by atoms with Crippen LogP contribution in [0.3, 0.4) is 0 Å². The van der Waals surface area contributed by atoms with Crippen LogP contribution in [-0.2, 0) is 9.47 Å². The predicted octanol–water partition coefficient (Wildman–Crippen LogP) is 2.63. The number of nitrogens with zero attached hydrogens (tertiary/aromatic N) is 4. The molecule has 0 spiro atoms. The molecular weight excluding hydrogens is 332 g/mol. The van der Waals surface area contributed by atoms with Crippen LogP contribution in [0.4, 0.5) is 0 Å². The molecule has 0 amide bonds. The summed E-state index contributed by atoms with van der Waals surface area (Å²) in [7, 11) is 6.85. The minimum atomic E-state index is 0.349. The van der Waals surface area contributed by atoms with E-state index < -0.39 is 0 Å². The van der Waals surface area contributed by atoms with Gasteiger partial charge >= 0.3 is 0 Å². The summed E-state index contributed by atoms with van der Waals surface area (Å²) in [5, 5.41) is 12.2. The Kier molecular flexibility index (Phi) is 6.29. The molecule has 0 bridgehead atoms. The Morgan fingerprint density at radius 2 is 1.22 bits per heavy atom. The van der Waals surface area contributed by atoms with E-state index in [1.165, 1.54) is 0 Å². The molecule has 0 heterocycles. The number of methoxy groups -OCH3 is 2. The zero-order valence-corrected chi connectivity index (χ0v) is 15.7. The summed E-state index contributed by atoms with van der Waals surface area (Å²) in [6, 6.07) is 0. The zero-order chi connectivity index (χ0) is 17.0. The lowest BCUT2D eigenvalue weighted by Crippen LogP contribution is -2.26. The van der Waals surface area contributed by atoms with Crippen LogP contribution < -0.4 is 0 Å². The molecule has 2 saturated carbocycles. The Balaban J connectivity index is 1.98. The van der Waals surface area contributed by atoms with Gasteiger partial charge in [-0.1, -0.05) is 24.4 Å². The van der Waals surface area contributed by atoms with Gasteiger partial charge in [-0.3, -0.25) is 10.0 Å². The van der Waals surface area contributed by atoms with E-state index in [-0.39, 0.29) is 0 Å². The standard InChI is InChI=1S/C15H24N4O2S2/c1-18(14(22)10-5-6-10)16-12(20-3)9-13(21-4)17-19(2)15(23)11-7-8-11/h10-11H,5-9H2,1-4H3/b16-12-,17-13-. The lowest BCUT2D eigenvalue weighted by atomic mass is 10.4. The predicted molar refractivity (Wildman–Crippen MR) is 99.7 cm³/mol. The molecule has 0 saturated heterocycles. The van der Waals surface area contributed by atoms with E-state index in [1.807, 2.05) is 14.1 Å². The number of hydrogen-bond donors (Lipinski definition) is 0. The molecule has 0 aromatic heterocycles. The van der Waals surface area contributed by atoms with E-state index in [1.54, 1.807) is 24.2 Å². The van der Waals surface area contributed by atoms with E-state index in [0.717, 1.165) is 35.7 Å². The van der Waals surface area contributed by atoms with Gasteiger partial charge in [0.15, 0.2) is 0 Å². The second-order valence-corrected chi connectivity index (χ2v) is 6.68. The average molecular weight is 357 g/mol. The molecule has 0 unspecified atom stereocenters. The van der Waals surface area contributed by atoms with E-state index in [9.17, 15) is 0 Å². The fourth-order valence-electron chi connectivity index (χ4n) is 2.05. The number of thiocarbonyl (C=S) groups is 2. The largest absolute Gasteiger partial charge is 0.483 e. The molecule has 2 fully saturated rings. The number of rotatable bonds is 6. The number of hydrogen-bond acceptors (Lipinski definition) is 6. The summed E-state index contributed by atoms with van der Waals surface area (Å²) >= 11 is 10.8. The lowest BCUT2D eigenvalue weighted by molar-refractivity contribution is 0.351. The first-order valence-electron chi connectivity index (χ1n) is 7.74. The molecule has 0 atom stereocenters. The third-order valence-corrected chi connectivity index (χ3v) is 4.98. The summed E-state index contributed by atoms with van der Waals surface area (Å²) in [5.41, 5.74) is 0. The molecule has 2 aliphatic carbocycles. The van der Waals surface area contributed by atoms with Crippen molar-refractivity contribution in [3.05, 3.63) is 0 Å². The van der Waals surface area contributed by atoms with E-state index in [2.05, 4.69) is 10.2 Å². The summed E-state index contributed by atoms with van der Waals surface area (Å²) in [6.07, 6.45) is 4.94. The monoisotopic (exact) mass is 356 g/mol. The molecule has 128 valence electrons. The van der Waals surface area contributed by atoms with Gasteiger partial charge in [-0.05, 0) is 25.7 Å². The van der Waals surface area contributed by atoms with Crippen molar-refractivity contribution in [3.63, 3.8) is 0 Å². The Hall–Kier alpha value is -1.28. The first kappa shape index (κ1) is 18.1. The van der Waals surface area contributed by atoms with Crippen LogP contribution in [-0.4, -0.2) is 60.1 Å². The SMILES string of the molecule is CO/C(C/C(=N/N(C)C(=S)C1CC1)OC)=N\N(C)C(=S)C1CC1. The van der Waals surface area contributed by atoms with Crippen LogP contribution in [0.25, 0.3) is 0 Å². The van der Waals surface area contributed by atoms with Gasteiger partial charge in [0.05, 0.1) is 14.2 Å². The van der Waals surface area contributed by atoms with Crippen molar-refractivity contribution in [2.24, 2.45) is 22.0 Å². The first-order chi connectivity index (χ1) is 11.0. The summed E-state index contributed by atoms with van der Waals surface area (Å²) in [5.74, 6) is 1.97. The second kappa shape index (κ2) is 8.01. The van der Waals surface area contributed by atoms with Crippen molar-refractivity contribution in [1.82, 2.24) is 10.0 Å². The number of ether oxygens (including phenoxy) is 2. The van der Waals surface area contributed by atoms with E-state index in [4.69, 9.17) is 33.9 Å². The molecule has 2 aliphatic rings. The summed E-state index contributed by atoms with van der Waals surface area (Å²) in [4.78, 5) is 1.70. The van der Waals surface area contributed by atoms with Crippen LogP contribution in [0.1, 0.15) is 32.1 Å². The van der Waals surface area contributed by atoms with Gasteiger partial charge in [0, 0.05) is 25.9 Å². The van der Waals surface area contributed by atoms with E-state index in [0.29, 0.717) is 30.1 Å². The highest BCUT2D eigenvalue weighted by Crippen LogP contribution is 2.32. The molecule has 23 heavy (non-hydrogen) atoms. The highest BCUT2D eigenvalue weighted by molar-refractivity contribution is 7.80. The fourth-order valence-corrected chi connectivity index (χ4v) is 2.60. The minimum Gasteiger partial charge on any atom is -0.483 e. The topological polar surface area (TPSA) is 49.7 Å². The number of hydrazone groups is 2. The zero-order valence-electron chi connectivity index (χ0n) is 14.1. The molecule has 0 aliphatic heterocycles. The quantitative estimate of drug-likeness (QED) is 0.316. The average Bonchev–Trinajstić information content (AvgIpc) is 3.42. The van der Waals surface area contributed by atoms with Crippen molar-refractivity contribution >= 4 is 46.2 Å². The third-order valence-electron chi connectivity index (χ3n) is 3.79. The maximum atomic E-state index is 5.39. The van der Waals surface area contributed by atoms with Crippen molar-refractivity contribution in [2.75, 3.05) is 28.3 Å². The van der Waals surface area contributed by atoms with Gasteiger partial charge in [-0.2, -0.15) is 0 Å². The highest BCUT2D eigenvalue weighted by Gasteiger charge is 2.30. The molecule has 0 radical (unpaired) electrons. The van der Waals surface area contributed by atoms with Crippen LogP contribution in [0.15, 0.2) is 10.2 Å². The molecule has 2 rings (SSSR count). The fraction of sp³-hybridized carbons (Fsp3) is 0.733. The molecule has 8 heteroatoms. The van der Waals surface area contributed by atoms with Crippen molar-refractivity contribution in [1.29, 1.82) is 0 Å². The second-order valence-electron chi connectivity index (χ2n) is 5.84. The van der Waals surface area contributed by atoms with Crippen LogP contribution >= 0.6 is 24.4 Å². The Morgan fingerprint density at radius 3 is 1.48 bits per heavy atom. The molecule has 0 aromatic rings. The first-order valence-corrected chi connectivity index (χ1v) is 8.56. The summed E-state index contributed by atoms with van der Waals surface area (Å²) in [6.45, 7) is 0. The third kappa shape index (κ3) is 5.39. The van der Waals surface area contributed by atoms with Crippen LogP contribution in [0.5, 0.6) is 0 Å². The van der Waals surface area contributed by atoms with Gasteiger partial charge in [-0.25, -0.2) is 0 Å². The van der Waals surface area contributed by atoms with Crippen molar-refractivity contribution in [2.45, 2.75) is 32.1 Å². The molecule has 0 aromatic carbocycles. The molecule has 6 nitrogen and oxygen atoms in total. The molecular formula is C15H24N4O2S2. The maximum Gasteiger partial charge on any atom is 0.215 e. The molecule has 0 N–H and O–H groups in total. The Morgan fingerprint density at radius 1 is 0.870 bits per heavy atom. The van der Waals surface area contributed by atoms with Gasteiger partial charge in [-0.15, -0.1) is 10.2 Å². The van der Waals surface area contributed by atoms with Crippen molar-refractivity contribution < 1.29 is 9.47 Å². The van der Waals surface area contributed by atoms with Gasteiger partial charge in [0.25, 0.3) is 0 Å². The van der Waals surface area contributed by atoms with Gasteiger partial charge < -0.3 is 9.47 Å². The van der Waals surface area contributed by atoms with Crippen LogP contribution in [0, 0.1) is 11.8 Å². The van der Waals surface area contributed by atoms with Gasteiger partial charge in [0.2, 0.25) is 11.8 Å². The Bertz CT molecular complexity index is 482. The maximum absolute atomic E-state index is 5.39. The minimum absolute atomic E-state index is 0.349. The van der Waals surface area contributed by atoms with Crippen LogP contribution in [0.2, 0.25) is 0 Å². The smallest absolute Gasteiger partial charge is 0.215 e. The van der Waals surface area contributed by atoms with E-state index >= 15 is 0 Å². The lowest BCUT2D eigenvalue weighted by Gasteiger charge is -2.17.